The van der Waals surface area contributed by atoms with Crippen molar-refractivity contribution in [1.82, 2.24) is 0 Å². The Morgan fingerprint density at radius 3 is 2.69 bits per heavy atom. The van der Waals surface area contributed by atoms with Crippen LogP contribution in [-0.2, 0) is 14.3 Å². The third-order valence-corrected chi connectivity index (χ3v) is 2.43. The molecule has 0 spiro atoms. The van der Waals surface area contributed by atoms with Gasteiger partial charge in [-0.15, -0.1) is 0 Å². The first-order valence-corrected chi connectivity index (χ1v) is 5.32. The molecule has 0 aromatic heterocycles. The molecular weight excluding hydrogens is 206 g/mol. The van der Waals surface area contributed by atoms with Crippen molar-refractivity contribution in [2.45, 2.75) is 13.0 Å². The van der Waals surface area contributed by atoms with Gasteiger partial charge < -0.3 is 14.8 Å². The van der Waals surface area contributed by atoms with Crippen LogP contribution in [0.15, 0.2) is 24.3 Å². The van der Waals surface area contributed by atoms with Crippen molar-refractivity contribution in [3.63, 3.8) is 0 Å². The number of carbonyl (C=O) groups is 1. The summed E-state index contributed by atoms with van der Waals surface area (Å²) in [7, 11) is 0. The highest BCUT2D eigenvalue weighted by atomic mass is 16.6. The number of hydrogen-bond donors (Lipinski definition) is 1. The first kappa shape index (κ1) is 11.1. The molecule has 1 unspecified atom stereocenters. The lowest BCUT2D eigenvalue weighted by molar-refractivity contribution is -0.142. The molecule has 1 aromatic carbocycles. The minimum atomic E-state index is -0.491. The third-order valence-electron chi connectivity index (χ3n) is 2.43. The van der Waals surface area contributed by atoms with Crippen LogP contribution >= 0.6 is 0 Å². The molecule has 2 rings (SSSR count). The van der Waals surface area contributed by atoms with Crippen molar-refractivity contribution in [1.29, 1.82) is 0 Å². The van der Waals surface area contributed by atoms with Crippen molar-refractivity contribution in [2.24, 2.45) is 0 Å². The maximum Gasteiger partial charge on any atom is 0.255 e. The Balaban J connectivity index is 1.93. The van der Waals surface area contributed by atoms with E-state index >= 15 is 0 Å². The van der Waals surface area contributed by atoms with E-state index in [1.165, 1.54) is 0 Å². The monoisotopic (exact) mass is 221 g/mol. The molecule has 1 aliphatic rings. The summed E-state index contributed by atoms with van der Waals surface area (Å²) in [5.41, 5.74) is 1.94. The molecule has 0 aliphatic carbocycles. The molecule has 4 nitrogen and oxygen atoms in total. The standard InChI is InChI=1S/C12H15NO3/c1-9-2-4-10(5-3-9)13-12(14)11-8-15-6-7-16-11/h2-5,11H,6-8H2,1H3,(H,13,14). The molecule has 0 saturated carbocycles. The van der Waals surface area contributed by atoms with E-state index < -0.39 is 6.10 Å². The predicted molar refractivity (Wildman–Crippen MR) is 60.4 cm³/mol. The number of benzene rings is 1. The van der Waals surface area contributed by atoms with Crippen LogP contribution in [0.1, 0.15) is 5.56 Å². The van der Waals surface area contributed by atoms with Gasteiger partial charge in [0, 0.05) is 5.69 Å². The van der Waals surface area contributed by atoms with Crippen LogP contribution in [0.25, 0.3) is 0 Å². The van der Waals surface area contributed by atoms with Gasteiger partial charge in [0.1, 0.15) is 0 Å². The second kappa shape index (κ2) is 5.09. The number of ether oxygens (including phenoxy) is 2. The lowest BCUT2D eigenvalue weighted by Crippen LogP contribution is -2.39. The highest BCUT2D eigenvalue weighted by Gasteiger charge is 2.22. The van der Waals surface area contributed by atoms with Gasteiger partial charge in [-0.3, -0.25) is 4.79 Å². The van der Waals surface area contributed by atoms with Gasteiger partial charge in [-0.2, -0.15) is 0 Å². The Morgan fingerprint density at radius 1 is 1.31 bits per heavy atom. The summed E-state index contributed by atoms with van der Waals surface area (Å²) in [4.78, 5) is 11.7. The normalized spacial score (nSPS) is 20.4. The highest BCUT2D eigenvalue weighted by Crippen LogP contribution is 2.10. The Morgan fingerprint density at radius 2 is 2.06 bits per heavy atom. The summed E-state index contributed by atoms with van der Waals surface area (Å²) in [6.45, 7) is 3.38. The number of nitrogens with one attached hydrogen (secondary N) is 1. The van der Waals surface area contributed by atoms with Crippen LogP contribution in [0, 0.1) is 6.92 Å². The van der Waals surface area contributed by atoms with Crippen LogP contribution in [-0.4, -0.2) is 31.8 Å². The van der Waals surface area contributed by atoms with E-state index in [4.69, 9.17) is 9.47 Å². The second-order valence-corrected chi connectivity index (χ2v) is 3.79. The zero-order chi connectivity index (χ0) is 11.4. The molecule has 1 atom stereocenters. The van der Waals surface area contributed by atoms with E-state index in [9.17, 15) is 4.79 Å². The number of rotatable bonds is 2. The van der Waals surface area contributed by atoms with E-state index in [0.29, 0.717) is 19.8 Å². The van der Waals surface area contributed by atoms with Gasteiger partial charge in [-0.1, -0.05) is 17.7 Å². The molecule has 1 aliphatic heterocycles. The molecule has 4 heteroatoms. The van der Waals surface area contributed by atoms with Crippen molar-refractivity contribution in [3.05, 3.63) is 29.8 Å². The van der Waals surface area contributed by atoms with Crippen molar-refractivity contribution < 1.29 is 14.3 Å². The Kier molecular flexibility index (Phi) is 3.54. The summed E-state index contributed by atoms with van der Waals surface area (Å²) in [6, 6.07) is 7.65. The SMILES string of the molecule is Cc1ccc(NC(=O)C2COCCO2)cc1. The second-order valence-electron chi connectivity index (χ2n) is 3.79. The van der Waals surface area contributed by atoms with Gasteiger partial charge in [-0.05, 0) is 19.1 Å². The maximum atomic E-state index is 11.7. The Bertz CT molecular complexity index is 355. The topological polar surface area (TPSA) is 47.6 Å². The molecule has 1 fully saturated rings. The van der Waals surface area contributed by atoms with E-state index in [2.05, 4.69) is 5.32 Å². The van der Waals surface area contributed by atoms with Crippen LogP contribution in [0.2, 0.25) is 0 Å². The van der Waals surface area contributed by atoms with E-state index in [1.54, 1.807) is 0 Å². The minimum absolute atomic E-state index is 0.149. The first-order valence-electron chi connectivity index (χ1n) is 5.32. The van der Waals surface area contributed by atoms with Crippen LogP contribution in [0.4, 0.5) is 5.69 Å². The molecule has 0 radical (unpaired) electrons. The van der Waals surface area contributed by atoms with Crippen LogP contribution < -0.4 is 5.32 Å². The number of hydrogen-bond acceptors (Lipinski definition) is 3. The molecule has 86 valence electrons. The fraction of sp³-hybridized carbons (Fsp3) is 0.417. The first-order chi connectivity index (χ1) is 7.75. The quantitative estimate of drug-likeness (QED) is 0.820. The van der Waals surface area contributed by atoms with Crippen molar-refractivity contribution in [2.75, 3.05) is 25.1 Å². The summed E-state index contributed by atoms with van der Waals surface area (Å²) >= 11 is 0. The minimum Gasteiger partial charge on any atom is -0.376 e. The average Bonchev–Trinajstić information content (AvgIpc) is 2.33. The van der Waals surface area contributed by atoms with Crippen molar-refractivity contribution in [3.8, 4) is 0 Å². The zero-order valence-electron chi connectivity index (χ0n) is 9.23. The highest BCUT2D eigenvalue weighted by molar-refractivity contribution is 5.94. The fourth-order valence-corrected chi connectivity index (χ4v) is 1.50. The molecule has 1 amide bonds. The van der Waals surface area contributed by atoms with E-state index in [1.807, 2.05) is 31.2 Å². The lowest BCUT2D eigenvalue weighted by atomic mass is 10.2. The molecule has 1 N–H and O–H groups in total. The lowest BCUT2D eigenvalue weighted by Gasteiger charge is -2.22. The largest absolute Gasteiger partial charge is 0.376 e. The van der Waals surface area contributed by atoms with Crippen LogP contribution in [0.5, 0.6) is 0 Å². The fourth-order valence-electron chi connectivity index (χ4n) is 1.50. The number of aryl methyl sites for hydroxylation is 1. The Hall–Kier alpha value is -1.39. The van der Waals surface area contributed by atoms with Gasteiger partial charge in [0.05, 0.1) is 19.8 Å². The smallest absolute Gasteiger partial charge is 0.255 e. The van der Waals surface area contributed by atoms with Gasteiger partial charge in [0.15, 0.2) is 6.10 Å². The summed E-state index contributed by atoms with van der Waals surface area (Å²) in [5, 5.41) is 2.79. The Labute approximate surface area is 94.6 Å². The van der Waals surface area contributed by atoms with E-state index in [0.717, 1.165) is 11.3 Å². The molecule has 1 saturated heterocycles. The third kappa shape index (κ3) is 2.81. The molecule has 1 heterocycles. The van der Waals surface area contributed by atoms with Gasteiger partial charge >= 0.3 is 0 Å². The predicted octanol–water partition coefficient (Wildman–Crippen LogP) is 1.35. The molecule has 16 heavy (non-hydrogen) atoms. The summed E-state index contributed by atoms with van der Waals surface area (Å²) < 4.78 is 10.5. The zero-order valence-corrected chi connectivity index (χ0v) is 9.23. The summed E-state index contributed by atoms with van der Waals surface area (Å²) in [6.07, 6.45) is -0.491. The van der Waals surface area contributed by atoms with Crippen LogP contribution in [0.3, 0.4) is 0 Å². The number of carbonyl (C=O) groups excluding carboxylic acids is 1. The summed E-state index contributed by atoms with van der Waals surface area (Å²) in [5.74, 6) is -0.149. The number of amides is 1. The average molecular weight is 221 g/mol. The molecular formula is C12H15NO3. The van der Waals surface area contributed by atoms with Gasteiger partial charge in [0.2, 0.25) is 0 Å². The molecule has 0 bridgehead atoms. The van der Waals surface area contributed by atoms with E-state index in [-0.39, 0.29) is 5.91 Å². The number of anilines is 1. The molecule has 1 aromatic rings. The van der Waals surface area contributed by atoms with Crippen molar-refractivity contribution >= 4 is 11.6 Å². The maximum absolute atomic E-state index is 11.7. The van der Waals surface area contributed by atoms with Gasteiger partial charge in [-0.25, -0.2) is 0 Å². The van der Waals surface area contributed by atoms with Gasteiger partial charge in [0.25, 0.3) is 5.91 Å².